The number of nitrogen functional groups attached to an aromatic ring is 1. The number of unbranched alkanes of at least 4 members (excludes halogenated alkanes) is 2. The maximum Gasteiger partial charge on any atom is 0.296 e. The van der Waals surface area contributed by atoms with Gasteiger partial charge in [0.05, 0.1) is 38.8 Å². The summed E-state index contributed by atoms with van der Waals surface area (Å²) in [5.41, 5.74) is 2.40. The van der Waals surface area contributed by atoms with Crippen molar-refractivity contribution in [3.05, 3.63) is 112 Å². The van der Waals surface area contributed by atoms with Crippen LogP contribution in [0.15, 0.2) is 102 Å². The number of benzene rings is 4. The molecule has 21 nitrogen and oxygen atoms in total. The number of aliphatic carboxylic acids is 1. The van der Waals surface area contributed by atoms with Crippen LogP contribution in [0.4, 0.5) is 28.4 Å². The first kappa shape index (κ1) is 42.0. The van der Waals surface area contributed by atoms with Crippen LogP contribution in [-0.4, -0.2) is 77.9 Å². The lowest BCUT2D eigenvalue weighted by molar-refractivity contribution is -0.305. The minimum atomic E-state index is -5.14. The van der Waals surface area contributed by atoms with E-state index >= 15 is 0 Å². The monoisotopic (exact) mass is 866 g/mol. The fraction of sp³-hybridized carbons (Fsp3) is 0.143. The number of nitrogens with zero attached hydrogens (tertiary/aromatic N) is 3. The number of para-hydroxylation sites is 1. The number of hydrogen-bond acceptors (Lipinski definition) is 16. The molecule has 8 N–H and O–H groups in total. The number of H-pyrrole nitrogens is 3. The standard InChI is InChI=1S/C35H32N8O13S3/c36-30-26(59(54,55)56)17-23(28-29(30)32(47)20-9-4-3-8-19(20)31(28)46)38-18-13-14-22(25(16-18)58(51,52)53)40-35-42-33(37-15-7-1-2-12-27(44)45)41-34(43-35)39-21-10-5-6-11-24(21)57(48,49)50/h3-6,8-11,13-14,16-17,38H,1-2,7,12,15,36H2,(H,44,45)(H,48,49,50)(H,51,52,53)(H,54,55,56)(H3,37,39,40,41,42,43)/p-2. The Kier molecular flexibility index (Phi) is 11.7. The van der Waals surface area contributed by atoms with Crippen molar-refractivity contribution in [1.82, 2.24) is 15.0 Å². The highest BCUT2D eigenvalue weighted by molar-refractivity contribution is 7.86. The van der Waals surface area contributed by atoms with E-state index in [1.165, 1.54) is 48.5 Å². The van der Waals surface area contributed by atoms with Gasteiger partial charge in [-0.25, -0.2) is 18.4 Å². The van der Waals surface area contributed by atoms with Gasteiger partial charge in [0.15, 0.2) is 11.6 Å². The summed E-state index contributed by atoms with van der Waals surface area (Å²) < 4.78 is 106. The number of nitrogens with two attached hydrogens (primary N) is 1. The highest BCUT2D eigenvalue weighted by Crippen LogP contribution is 2.40. The molecule has 24 heteroatoms. The van der Waals surface area contributed by atoms with Crippen LogP contribution in [0, 0.1) is 0 Å². The minimum Gasteiger partial charge on any atom is -0.744 e. The van der Waals surface area contributed by atoms with Crippen molar-refractivity contribution in [2.24, 2.45) is 15.0 Å². The van der Waals surface area contributed by atoms with Gasteiger partial charge in [-0.3, -0.25) is 38.6 Å². The molecule has 5 aromatic rings. The summed E-state index contributed by atoms with van der Waals surface area (Å²) in [4.78, 5) is 56.5. The molecule has 0 spiro atoms. The highest BCUT2D eigenvalue weighted by atomic mass is 32.2. The number of carboxylic acid groups (broad SMARTS) is 1. The molecule has 0 amide bonds. The lowest BCUT2D eigenvalue weighted by atomic mass is 9.82. The summed E-state index contributed by atoms with van der Waals surface area (Å²) in [5.74, 6) is -2.79. The van der Waals surface area contributed by atoms with Gasteiger partial charge >= 0.3 is 0 Å². The van der Waals surface area contributed by atoms with Crippen molar-refractivity contribution in [2.45, 2.75) is 40.4 Å². The van der Waals surface area contributed by atoms with E-state index in [9.17, 15) is 58.4 Å². The Morgan fingerprint density at radius 3 is 1.85 bits per heavy atom. The van der Waals surface area contributed by atoms with Crippen molar-refractivity contribution in [2.75, 3.05) is 17.6 Å². The maximum atomic E-state index is 13.7. The predicted octanol–water partition coefficient (Wildman–Crippen LogP) is 0.845. The number of carboxylic acids is 1. The second kappa shape index (κ2) is 16.4. The van der Waals surface area contributed by atoms with E-state index in [0.717, 1.165) is 24.3 Å². The van der Waals surface area contributed by atoms with Crippen LogP contribution in [0.3, 0.4) is 0 Å². The number of ketones is 2. The summed E-state index contributed by atoms with van der Waals surface area (Å²) in [6, 6.07) is 14.6. The SMILES string of the molecule is Nc1c(S(=O)(=O)O)cc(Nc2ccc(N=c3[nH]c(=NCCCCCC(=O)[O-])[nH]c(=Nc4ccccc4S(=O)(=O)[O-])[nH]3)c(S(=O)(=O)O)c2)c2c1C(=O)c1ccccc1C2=O. The largest absolute Gasteiger partial charge is 0.744 e. The quantitative estimate of drug-likeness (QED) is 0.0481. The fourth-order valence-electron chi connectivity index (χ4n) is 6.02. The Labute approximate surface area is 333 Å². The van der Waals surface area contributed by atoms with E-state index in [1.54, 1.807) is 0 Å². The Morgan fingerprint density at radius 2 is 1.25 bits per heavy atom. The van der Waals surface area contributed by atoms with E-state index in [-0.39, 0.29) is 63.6 Å². The molecule has 1 heterocycles. The van der Waals surface area contributed by atoms with Crippen molar-refractivity contribution < 1.29 is 58.4 Å². The van der Waals surface area contributed by atoms with Crippen molar-refractivity contribution in [1.29, 1.82) is 0 Å². The second-order valence-corrected chi connectivity index (χ2v) is 16.8. The van der Waals surface area contributed by atoms with Crippen LogP contribution >= 0.6 is 0 Å². The second-order valence-electron chi connectivity index (χ2n) is 12.7. The molecule has 59 heavy (non-hydrogen) atoms. The van der Waals surface area contributed by atoms with E-state index < -0.39 is 79.5 Å². The summed E-state index contributed by atoms with van der Waals surface area (Å²) in [5, 5.41) is 13.4. The molecule has 1 aromatic heterocycles. The third-order valence-corrected chi connectivity index (χ3v) is 11.3. The van der Waals surface area contributed by atoms with Gasteiger partial charge in [0, 0.05) is 29.3 Å². The number of aromatic amines is 3. The van der Waals surface area contributed by atoms with E-state index in [4.69, 9.17) is 5.73 Å². The van der Waals surface area contributed by atoms with E-state index in [1.807, 2.05) is 0 Å². The molecule has 6 rings (SSSR count). The van der Waals surface area contributed by atoms with Gasteiger partial charge in [-0.2, -0.15) is 16.8 Å². The van der Waals surface area contributed by atoms with Crippen LogP contribution < -0.4 is 33.0 Å². The molecule has 0 fully saturated rings. The number of hydrogen-bond donors (Lipinski definition) is 7. The number of anilines is 3. The molecule has 4 aromatic carbocycles. The number of rotatable bonds is 13. The third kappa shape index (κ3) is 9.43. The summed E-state index contributed by atoms with van der Waals surface area (Å²) in [6.07, 6.45) is 1.05. The van der Waals surface area contributed by atoms with Crippen molar-refractivity contribution >= 4 is 76.3 Å². The Balaban J connectivity index is 1.48. The lowest BCUT2D eigenvalue weighted by Gasteiger charge is -2.23. The average Bonchev–Trinajstić information content (AvgIpc) is 3.15. The first-order valence-electron chi connectivity index (χ1n) is 17.0. The van der Waals surface area contributed by atoms with Crippen LogP contribution in [0.25, 0.3) is 0 Å². The molecule has 0 unspecified atom stereocenters. The van der Waals surface area contributed by atoms with Crippen molar-refractivity contribution in [3.8, 4) is 0 Å². The number of carbonyl (C=O) groups excluding carboxylic acids is 3. The van der Waals surface area contributed by atoms with Crippen LogP contribution in [0.1, 0.15) is 57.5 Å². The summed E-state index contributed by atoms with van der Waals surface area (Å²) in [6.45, 7) is 0.124. The first-order valence-corrected chi connectivity index (χ1v) is 21.3. The molecule has 0 bridgehead atoms. The summed E-state index contributed by atoms with van der Waals surface area (Å²) >= 11 is 0. The minimum absolute atomic E-state index is 0.0430. The van der Waals surface area contributed by atoms with Gasteiger partial charge in [0.2, 0.25) is 16.9 Å². The zero-order valence-electron chi connectivity index (χ0n) is 30.0. The predicted molar refractivity (Wildman–Crippen MR) is 202 cm³/mol. The fourth-order valence-corrected chi connectivity index (χ4v) is 7.94. The van der Waals surface area contributed by atoms with E-state index in [2.05, 4.69) is 35.2 Å². The average molecular weight is 867 g/mol. The number of nitrogens with one attached hydrogen (secondary N) is 4. The van der Waals surface area contributed by atoms with Gasteiger partial charge in [-0.05, 0) is 55.7 Å². The molecule has 1 aliphatic carbocycles. The Hall–Kier alpha value is -6.57. The van der Waals surface area contributed by atoms with Gasteiger partial charge in [0.25, 0.3) is 20.2 Å². The van der Waals surface area contributed by atoms with E-state index in [0.29, 0.717) is 19.3 Å². The van der Waals surface area contributed by atoms with Crippen LogP contribution in [0.5, 0.6) is 0 Å². The third-order valence-electron chi connectivity index (χ3n) is 8.61. The zero-order valence-corrected chi connectivity index (χ0v) is 32.4. The normalized spacial score (nSPS) is 14.0. The van der Waals surface area contributed by atoms with Crippen LogP contribution in [0.2, 0.25) is 0 Å². The lowest BCUT2D eigenvalue weighted by Crippen LogP contribution is -2.37. The Bertz CT molecular complexity index is 3140. The zero-order chi connectivity index (χ0) is 42.9. The first-order chi connectivity index (χ1) is 27.7. The smallest absolute Gasteiger partial charge is 0.296 e. The van der Waals surface area contributed by atoms with Crippen molar-refractivity contribution in [3.63, 3.8) is 0 Å². The molecular weight excluding hydrogens is 837 g/mol. The molecule has 0 saturated heterocycles. The molecule has 0 radical (unpaired) electrons. The number of aromatic nitrogens is 3. The topological polar surface area (TPSA) is 363 Å². The van der Waals surface area contributed by atoms with Gasteiger partial charge < -0.3 is 25.5 Å². The molecule has 308 valence electrons. The molecule has 1 aliphatic rings. The number of carbonyl (C=O) groups is 3. The molecule has 0 aliphatic heterocycles. The highest BCUT2D eigenvalue weighted by Gasteiger charge is 2.36. The molecular formula is C35H30N8O13S3-2. The summed E-state index contributed by atoms with van der Waals surface area (Å²) in [7, 11) is -15.2. The molecule has 0 atom stereocenters. The maximum absolute atomic E-state index is 13.7. The van der Waals surface area contributed by atoms with Gasteiger partial charge in [-0.15, -0.1) is 0 Å². The van der Waals surface area contributed by atoms with Gasteiger partial charge in [-0.1, -0.05) is 42.8 Å². The Morgan fingerprint density at radius 1 is 0.695 bits per heavy atom. The molecule has 0 saturated carbocycles. The van der Waals surface area contributed by atoms with Gasteiger partial charge in [0.1, 0.15) is 19.9 Å². The van der Waals surface area contributed by atoms with Crippen LogP contribution in [-0.2, 0) is 35.1 Å². The number of fused-ring (bicyclic) bond motifs is 2.